The largest absolute Gasteiger partial charge is 0.396 e. The molecule has 0 aliphatic carbocycles. The molecular formula is C10H13F2N3. The topological polar surface area (TPSA) is 42.1 Å². The second kappa shape index (κ2) is 3.64. The van der Waals surface area contributed by atoms with Gasteiger partial charge in [-0.1, -0.05) is 0 Å². The van der Waals surface area contributed by atoms with E-state index in [1.165, 1.54) is 0 Å². The summed E-state index contributed by atoms with van der Waals surface area (Å²) in [6.07, 6.45) is 2.96. The van der Waals surface area contributed by atoms with Crippen LogP contribution in [0, 0.1) is 0 Å². The lowest BCUT2D eigenvalue weighted by molar-refractivity contribution is -0.0220. The second-order valence-corrected chi connectivity index (χ2v) is 3.78. The summed E-state index contributed by atoms with van der Waals surface area (Å²) in [5.74, 6) is -2.52. The average Bonchev–Trinajstić information content (AvgIpc) is 2.19. The summed E-state index contributed by atoms with van der Waals surface area (Å²) in [6, 6.07) is 1.76. The molecule has 1 fully saturated rings. The van der Waals surface area contributed by atoms with Gasteiger partial charge in [-0.05, 0) is 6.07 Å². The van der Waals surface area contributed by atoms with Crippen molar-refractivity contribution < 1.29 is 8.78 Å². The van der Waals surface area contributed by atoms with Gasteiger partial charge < -0.3 is 10.6 Å². The Hall–Kier alpha value is -1.39. The molecule has 0 amide bonds. The van der Waals surface area contributed by atoms with Crippen molar-refractivity contribution in [2.24, 2.45) is 0 Å². The molecule has 2 heterocycles. The molecule has 5 heteroatoms. The van der Waals surface area contributed by atoms with Crippen LogP contribution >= 0.6 is 0 Å². The van der Waals surface area contributed by atoms with Crippen molar-refractivity contribution >= 4 is 11.4 Å². The quantitative estimate of drug-likeness (QED) is 0.774. The minimum absolute atomic E-state index is 0.102. The summed E-state index contributed by atoms with van der Waals surface area (Å²) in [5.41, 5.74) is 7.08. The molecule has 0 bridgehead atoms. The lowest BCUT2D eigenvalue weighted by Gasteiger charge is -2.33. The molecule has 0 radical (unpaired) electrons. The molecule has 0 unspecified atom stereocenters. The highest BCUT2D eigenvalue weighted by Gasteiger charge is 2.34. The molecule has 0 spiro atoms. The summed E-state index contributed by atoms with van der Waals surface area (Å²) in [7, 11) is 0. The van der Waals surface area contributed by atoms with Crippen LogP contribution in [-0.2, 0) is 0 Å². The molecule has 1 aromatic heterocycles. The summed E-state index contributed by atoms with van der Waals surface area (Å²) >= 11 is 0. The molecule has 1 aliphatic rings. The molecule has 2 rings (SSSR count). The van der Waals surface area contributed by atoms with Crippen molar-refractivity contribution in [2.75, 3.05) is 23.7 Å². The first-order valence-corrected chi connectivity index (χ1v) is 4.91. The average molecular weight is 213 g/mol. The number of alkyl halides is 2. The Bertz CT molecular complexity index is 344. The normalized spacial score (nSPS) is 20.3. The molecule has 1 aromatic rings. The van der Waals surface area contributed by atoms with E-state index in [9.17, 15) is 8.78 Å². The zero-order valence-electron chi connectivity index (χ0n) is 8.29. The number of halogens is 2. The molecule has 0 saturated carbocycles. The van der Waals surface area contributed by atoms with E-state index < -0.39 is 5.92 Å². The summed E-state index contributed by atoms with van der Waals surface area (Å²) in [4.78, 5) is 5.75. The van der Waals surface area contributed by atoms with Crippen molar-refractivity contribution in [1.29, 1.82) is 0 Å². The Morgan fingerprint density at radius 3 is 2.60 bits per heavy atom. The molecule has 82 valence electrons. The number of hydrogen-bond donors (Lipinski definition) is 1. The van der Waals surface area contributed by atoms with E-state index in [-0.39, 0.29) is 12.8 Å². The lowest BCUT2D eigenvalue weighted by Crippen LogP contribution is -2.39. The molecule has 3 nitrogen and oxygen atoms in total. The first-order valence-electron chi connectivity index (χ1n) is 4.91. The van der Waals surface area contributed by atoms with E-state index >= 15 is 0 Å². The third-order valence-corrected chi connectivity index (χ3v) is 2.66. The number of hydrogen-bond acceptors (Lipinski definition) is 3. The number of aromatic nitrogens is 1. The molecular weight excluding hydrogens is 200 g/mol. The molecule has 1 saturated heterocycles. The van der Waals surface area contributed by atoms with Crippen LogP contribution in [0.3, 0.4) is 0 Å². The predicted molar refractivity (Wildman–Crippen MR) is 55.0 cm³/mol. The number of anilines is 2. The van der Waals surface area contributed by atoms with Gasteiger partial charge in [-0.15, -0.1) is 0 Å². The minimum atomic E-state index is -2.52. The monoisotopic (exact) mass is 213 g/mol. The van der Waals surface area contributed by atoms with Gasteiger partial charge in [0.25, 0.3) is 5.92 Å². The fraction of sp³-hybridized carbons (Fsp3) is 0.500. The Kier molecular flexibility index (Phi) is 2.46. The van der Waals surface area contributed by atoms with Gasteiger partial charge in [0.05, 0.1) is 17.6 Å². The van der Waals surface area contributed by atoms with Crippen LogP contribution in [0.4, 0.5) is 20.2 Å². The van der Waals surface area contributed by atoms with Gasteiger partial charge in [0.15, 0.2) is 0 Å². The highest BCUT2D eigenvalue weighted by atomic mass is 19.3. The van der Waals surface area contributed by atoms with Crippen molar-refractivity contribution in [1.82, 2.24) is 4.98 Å². The van der Waals surface area contributed by atoms with E-state index in [4.69, 9.17) is 5.73 Å². The van der Waals surface area contributed by atoms with Crippen LogP contribution in [0.15, 0.2) is 18.5 Å². The molecule has 2 N–H and O–H groups in total. The van der Waals surface area contributed by atoms with Crippen LogP contribution < -0.4 is 10.6 Å². The van der Waals surface area contributed by atoms with E-state index in [0.717, 1.165) is 5.69 Å². The zero-order valence-corrected chi connectivity index (χ0v) is 8.29. The smallest absolute Gasteiger partial charge is 0.251 e. The van der Waals surface area contributed by atoms with Crippen LogP contribution in [0.25, 0.3) is 0 Å². The maximum atomic E-state index is 12.9. The standard InChI is InChI=1S/C10H13F2N3/c11-10(12)2-5-15(6-3-10)9-1-4-14-7-8(9)13/h1,4,7H,2-3,5-6,13H2. The summed E-state index contributed by atoms with van der Waals surface area (Å²) in [6.45, 7) is 0.697. The van der Waals surface area contributed by atoms with Crippen LogP contribution in [0.2, 0.25) is 0 Å². The van der Waals surface area contributed by atoms with Gasteiger partial charge in [0.2, 0.25) is 0 Å². The predicted octanol–water partition coefficient (Wildman–Crippen LogP) is 1.90. The van der Waals surface area contributed by atoms with Gasteiger partial charge in [-0.2, -0.15) is 0 Å². The van der Waals surface area contributed by atoms with Crippen molar-refractivity contribution in [3.8, 4) is 0 Å². The van der Waals surface area contributed by atoms with Gasteiger partial charge in [-0.25, -0.2) is 8.78 Å². The van der Waals surface area contributed by atoms with Crippen LogP contribution in [-0.4, -0.2) is 24.0 Å². The Balaban J connectivity index is 2.11. The molecule has 0 aromatic carbocycles. The third-order valence-electron chi connectivity index (χ3n) is 2.66. The minimum Gasteiger partial charge on any atom is -0.396 e. The van der Waals surface area contributed by atoms with Crippen molar-refractivity contribution in [3.05, 3.63) is 18.5 Å². The van der Waals surface area contributed by atoms with Gasteiger partial charge in [0, 0.05) is 32.1 Å². The van der Waals surface area contributed by atoms with Gasteiger partial charge in [-0.3, -0.25) is 4.98 Å². The molecule has 15 heavy (non-hydrogen) atoms. The number of rotatable bonds is 1. The summed E-state index contributed by atoms with van der Waals surface area (Å²) < 4.78 is 25.8. The maximum absolute atomic E-state index is 12.9. The third kappa shape index (κ3) is 2.16. The van der Waals surface area contributed by atoms with Crippen molar-refractivity contribution in [3.63, 3.8) is 0 Å². The SMILES string of the molecule is Nc1cnccc1N1CCC(F)(F)CC1. The molecule has 1 aliphatic heterocycles. The van der Waals surface area contributed by atoms with Gasteiger partial charge >= 0.3 is 0 Å². The number of nitrogens with zero attached hydrogens (tertiary/aromatic N) is 2. The Morgan fingerprint density at radius 1 is 1.33 bits per heavy atom. The number of nitrogens with two attached hydrogens (primary N) is 1. The number of pyridine rings is 1. The maximum Gasteiger partial charge on any atom is 0.251 e. The highest BCUT2D eigenvalue weighted by Crippen LogP contribution is 2.32. The first-order chi connectivity index (χ1) is 7.08. The van der Waals surface area contributed by atoms with Crippen LogP contribution in [0.5, 0.6) is 0 Å². The van der Waals surface area contributed by atoms with E-state index in [2.05, 4.69) is 4.98 Å². The summed E-state index contributed by atoms with van der Waals surface area (Å²) in [5, 5.41) is 0. The van der Waals surface area contributed by atoms with Crippen LogP contribution in [0.1, 0.15) is 12.8 Å². The van der Waals surface area contributed by atoms with Gasteiger partial charge in [0.1, 0.15) is 0 Å². The van der Waals surface area contributed by atoms with E-state index in [1.54, 1.807) is 18.5 Å². The zero-order chi connectivity index (χ0) is 10.9. The number of piperidine rings is 1. The molecule has 0 atom stereocenters. The first kappa shape index (κ1) is 10.1. The Morgan fingerprint density at radius 2 is 2.00 bits per heavy atom. The Labute approximate surface area is 86.9 Å². The highest BCUT2D eigenvalue weighted by molar-refractivity contribution is 5.66. The number of nitrogen functional groups attached to an aromatic ring is 1. The fourth-order valence-corrected chi connectivity index (χ4v) is 1.76. The van der Waals surface area contributed by atoms with E-state index in [1.807, 2.05) is 4.90 Å². The lowest BCUT2D eigenvalue weighted by atomic mass is 10.1. The van der Waals surface area contributed by atoms with E-state index in [0.29, 0.717) is 18.8 Å². The fourth-order valence-electron chi connectivity index (χ4n) is 1.76. The van der Waals surface area contributed by atoms with Crippen molar-refractivity contribution in [2.45, 2.75) is 18.8 Å². The second-order valence-electron chi connectivity index (χ2n) is 3.78.